The third kappa shape index (κ3) is 3.08. The van der Waals surface area contributed by atoms with Crippen LogP contribution >= 0.6 is 0 Å². The molecule has 3 nitrogen and oxygen atoms in total. The third-order valence-corrected chi connectivity index (χ3v) is 1.52. The summed E-state index contributed by atoms with van der Waals surface area (Å²) in [6.07, 6.45) is 0. The summed E-state index contributed by atoms with van der Waals surface area (Å²) >= 11 is 0. The Hall–Kier alpha value is -1.63. The number of nitrogens with zero attached hydrogens (tertiary/aromatic N) is 2. The molecule has 68 valence electrons. The Balaban J connectivity index is 2.51. The number of hydrogen-bond donors (Lipinski definition) is 1. The van der Waals surface area contributed by atoms with Crippen LogP contribution in [0.3, 0.4) is 0 Å². The second-order valence-electron chi connectivity index (χ2n) is 2.76. The summed E-state index contributed by atoms with van der Waals surface area (Å²) in [4.78, 5) is 3.59. The van der Waals surface area contributed by atoms with Gasteiger partial charge in [0.1, 0.15) is 5.82 Å². The van der Waals surface area contributed by atoms with E-state index in [2.05, 4.69) is 16.4 Å². The topological polar surface area (TPSA) is 48.7 Å². The van der Waals surface area contributed by atoms with Gasteiger partial charge in [0.2, 0.25) is 5.95 Å². The zero-order chi connectivity index (χ0) is 9.68. The molecule has 1 heterocycles. The van der Waals surface area contributed by atoms with E-state index < -0.39 is 5.95 Å². The normalized spacial score (nSPS) is 11.8. The summed E-state index contributed by atoms with van der Waals surface area (Å²) in [7, 11) is 0. The summed E-state index contributed by atoms with van der Waals surface area (Å²) in [5.74, 6) is -0.165. The molecule has 0 radical (unpaired) electrons. The first-order valence-electron chi connectivity index (χ1n) is 3.98. The lowest BCUT2D eigenvalue weighted by Crippen LogP contribution is -2.10. The highest BCUT2D eigenvalue weighted by Gasteiger charge is 2.00. The maximum Gasteiger partial charge on any atom is 0.214 e. The zero-order valence-corrected chi connectivity index (χ0v) is 7.29. The first-order chi connectivity index (χ1) is 6.22. The number of pyridine rings is 1. The van der Waals surface area contributed by atoms with Gasteiger partial charge in [-0.15, -0.1) is 0 Å². The van der Waals surface area contributed by atoms with Gasteiger partial charge in [-0.3, -0.25) is 0 Å². The van der Waals surface area contributed by atoms with Crippen molar-refractivity contribution in [2.45, 2.75) is 6.92 Å². The molecule has 0 aliphatic carbocycles. The highest BCUT2D eigenvalue weighted by Crippen LogP contribution is 2.04. The largest absolute Gasteiger partial charge is 0.369 e. The SMILES string of the molecule is CC(C#N)CNc1cccc(F)n1. The molecule has 1 rings (SSSR count). The van der Waals surface area contributed by atoms with Crippen molar-refractivity contribution in [2.24, 2.45) is 5.92 Å². The van der Waals surface area contributed by atoms with E-state index in [0.717, 1.165) is 0 Å². The minimum absolute atomic E-state index is 0.106. The molecule has 0 fully saturated rings. The highest BCUT2D eigenvalue weighted by molar-refractivity contribution is 5.33. The van der Waals surface area contributed by atoms with Crippen molar-refractivity contribution in [1.29, 1.82) is 5.26 Å². The lowest BCUT2D eigenvalue weighted by molar-refractivity contribution is 0.584. The van der Waals surface area contributed by atoms with Crippen LogP contribution in [0.1, 0.15) is 6.92 Å². The van der Waals surface area contributed by atoms with Crippen molar-refractivity contribution < 1.29 is 4.39 Å². The van der Waals surface area contributed by atoms with Crippen LogP contribution in [0.2, 0.25) is 0 Å². The molecule has 0 amide bonds. The van der Waals surface area contributed by atoms with Crippen LogP contribution in [0.15, 0.2) is 18.2 Å². The van der Waals surface area contributed by atoms with Crippen molar-refractivity contribution in [1.82, 2.24) is 4.98 Å². The molecule has 1 aromatic heterocycles. The Labute approximate surface area is 76.2 Å². The summed E-state index contributed by atoms with van der Waals surface area (Å²) < 4.78 is 12.6. The smallest absolute Gasteiger partial charge is 0.214 e. The average Bonchev–Trinajstić information content (AvgIpc) is 2.14. The van der Waals surface area contributed by atoms with Crippen molar-refractivity contribution in [3.05, 3.63) is 24.1 Å². The highest BCUT2D eigenvalue weighted by atomic mass is 19.1. The molecule has 1 aromatic rings. The van der Waals surface area contributed by atoms with E-state index in [0.29, 0.717) is 12.4 Å². The lowest BCUT2D eigenvalue weighted by Gasteiger charge is -2.05. The molecule has 0 bridgehead atoms. The van der Waals surface area contributed by atoms with Crippen LogP contribution in [0.25, 0.3) is 0 Å². The van der Waals surface area contributed by atoms with E-state index in [4.69, 9.17) is 5.26 Å². The van der Waals surface area contributed by atoms with E-state index in [-0.39, 0.29) is 5.92 Å². The molecule has 0 spiro atoms. The molecule has 0 aliphatic heterocycles. The minimum atomic E-state index is -0.519. The Morgan fingerprint density at radius 1 is 1.69 bits per heavy atom. The maximum absolute atomic E-state index is 12.6. The molecule has 0 saturated heterocycles. The van der Waals surface area contributed by atoms with E-state index >= 15 is 0 Å². The quantitative estimate of drug-likeness (QED) is 0.719. The molecule has 0 aromatic carbocycles. The second kappa shape index (κ2) is 4.41. The standard InChI is InChI=1S/C9H10FN3/c1-7(5-11)6-12-9-4-2-3-8(10)13-9/h2-4,7H,6H2,1H3,(H,12,13). The second-order valence-corrected chi connectivity index (χ2v) is 2.76. The van der Waals surface area contributed by atoms with Crippen molar-refractivity contribution in [3.63, 3.8) is 0 Å². The number of halogens is 1. The third-order valence-electron chi connectivity index (χ3n) is 1.52. The molecular formula is C9H10FN3. The van der Waals surface area contributed by atoms with Gasteiger partial charge in [-0.25, -0.2) is 4.98 Å². The van der Waals surface area contributed by atoms with E-state index in [1.165, 1.54) is 6.07 Å². The summed E-state index contributed by atoms with van der Waals surface area (Å²) in [5.41, 5.74) is 0. The number of anilines is 1. The summed E-state index contributed by atoms with van der Waals surface area (Å²) in [6, 6.07) is 6.57. The fourth-order valence-electron chi connectivity index (χ4n) is 0.810. The predicted molar refractivity (Wildman–Crippen MR) is 47.5 cm³/mol. The van der Waals surface area contributed by atoms with E-state index in [9.17, 15) is 4.39 Å². The van der Waals surface area contributed by atoms with Crippen LogP contribution in [0.5, 0.6) is 0 Å². The van der Waals surface area contributed by atoms with E-state index in [1.807, 2.05) is 0 Å². The van der Waals surface area contributed by atoms with Crippen molar-refractivity contribution in [2.75, 3.05) is 11.9 Å². The average molecular weight is 179 g/mol. The van der Waals surface area contributed by atoms with Crippen LogP contribution < -0.4 is 5.32 Å². The Bertz CT molecular complexity index is 319. The number of aromatic nitrogens is 1. The van der Waals surface area contributed by atoms with Crippen LogP contribution in [0.4, 0.5) is 10.2 Å². The molecule has 1 atom stereocenters. The monoisotopic (exact) mass is 179 g/mol. The van der Waals surface area contributed by atoms with Gasteiger partial charge in [-0.2, -0.15) is 9.65 Å². The van der Waals surface area contributed by atoms with Gasteiger partial charge >= 0.3 is 0 Å². The lowest BCUT2D eigenvalue weighted by atomic mass is 10.2. The van der Waals surface area contributed by atoms with Gasteiger partial charge in [0, 0.05) is 6.54 Å². The number of hydrogen-bond acceptors (Lipinski definition) is 3. The van der Waals surface area contributed by atoms with Crippen LogP contribution in [-0.4, -0.2) is 11.5 Å². The van der Waals surface area contributed by atoms with Gasteiger partial charge in [0.05, 0.1) is 12.0 Å². The maximum atomic E-state index is 12.6. The predicted octanol–water partition coefficient (Wildman–Crippen LogP) is 1.79. The summed E-state index contributed by atoms with van der Waals surface area (Å²) in [6.45, 7) is 2.26. The van der Waals surface area contributed by atoms with Gasteiger partial charge in [0.15, 0.2) is 0 Å². The molecule has 1 N–H and O–H groups in total. The van der Waals surface area contributed by atoms with Gasteiger partial charge in [-0.1, -0.05) is 6.07 Å². The molecular weight excluding hydrogens is 169 g/mol. The number of rotatable bonds is 3. The number of nitrogens with one attached hydrogen (secondary N) is 1. The fraction of sp³-hybridized carbons (Fsp3) is 0.333. The minimum Gasteiger partial charge on any atom is -0.369 e. The molecule has 4 heteroatoms. The van der Waals surface area contributed by atoms with Gasteiger partial charge in [0.25, 0.3) is 0 Å². The Morgan fingerprint density at radius 3 is 3.08 bits per heavy atom. The molecule has 1 unspecified atom stereocenters. The zero-order valence-electron chi connectivity index (χ0n) is 7.29. The van der Waals surface area contributed by atoms with Crippen molar-refractivity contribution in [3.8, 4) is 6.07 Å². The molecule has 0 aliphatic rings. The van der Waals surface area contributed by atoms with Crippen LogP contribution in [0, 0.1) is 23.2 Å². The van der Waals surface area contributed by atoms with Crippen molar-refractivity contribution >= 4 is 5.82 Å². The first kappa shape index (κ1) is 9.46. The van der Waals surface area contributed by atoms with Gasteiger partial charge in [-0.05, 0) is 19.1 Å². The van der Waals surface area contributed by atoms with Crippen LogP contribution in [-0.2, 0) is 0 Å². The van der Waals surface area contributed by atoms with Gasteiger partial charge < -0.3 is 5.32 Å². The Morgan fingerprint density at radius 2 is 2.46 bits per heavy atom. The molecule has 0 saturated carbocycles. The molecule has 13 heavy (non-hydrogen) atoms. The van der Waals surface area contributed by atoms with E-state index in [1.54, 1.807) is 19.1 Å². The fourth-order valence-corrected chi connectivity index (χ4v) is 0.810. The summed E-state index contributed by atoms with van der Waals surface area (Å²) in [5, 5.41) is 11.3. The Kier molecular flexibility index (Phi) is 3.21. The first-order valence-corrected chi connectivity index (χ1v) is 3.98. The number of nitriles is 1.